The van der Waals surface area contributed by atoms with Crippen LogP contribution in [0.2, 0.25) is 0 Å². The lowest BCUT2D eigenvalue weighted by atomic mass is 9.98. The molecule has 0 saturated heterocycles. The van der Waals surface area contributed by atoms with Crippen molar-refractivity contribution in [2.45, 2.75) is 45.1 Å². The minimum Gasteiger partial charge on any atom is -0.323 e. The van der Waals surface area contributed by atoms with E-state index in [9.17, 15) is 4.79 Å². The summed E-state index contributed by atoms with van der Waals surface area (Å²) in [5.74, 6) is 0.609. The third kappa shape index (κ3) is 2.74. The molecule has 2 heterocycles. The number of hydrogen-bond acceptors (Lipinski definition) is 4. The number of nitrogens with zero attached hydrogens (tertiary/aromatic N) is 3. The van der Waals surface area contributed by atoms with Crippen LogP contribution >= 0.6 is 0 Å². The highest BCUT2D eigenvalue weighted by molar-refractivity contribution is 5.98. The summed E-state index contributed by atoms with van der Waals surface area (Å²) in [4.78, 5) is 16.6. The Morgan fingerprint density at radius 3 is 2.59 bits per heavy atom. The molecule has 1 fully saturated rings. The van der Waals surface area contributed by atoms with Gasteiger partial charge >= 0.3 is 0 Å². The Labute approximate surface area is 129 Å². The summed E-state index contributed by atoms with van der Waals surface area (Å²) in [5.41, 5.74) is 8.05. The number of pyridine rings is 1. The van der Waals surface area contributed by atoms with Gasteiger partial charge in [-0.05, 0) is 44.9 Å². The summed E-state index contributed by atoms with van der Waals surface area (Å²) in [6.45, 7) is 3.93. The maximum Gasteiger partial charge on any atom is 0.244 e. The zero-order valence-electron chi connectivity index (χ0n) is 13.0. The molecule has 3 N–H and O–H groups in total. The fourth-order valence-electron chi connectivity index (χ4n) is 2.93. The Morgan fingerprint density at radius 1 is 1.32 bits per heavy atom. The molecule has 0 bridgehead atoms. The third-order valence-electron chi connectivity index (χ3n) is 4.18. The fraction of sp³-hybridized carbons (Fsp3) is 0.438. The van der Waals surface area contributed by atoms with Gasteiger partial charge in [0.05, 0.1) is 23.1 Å². The Balaban J connectivity index is 1.74. The van der Waals surface area contributed by atoms with Gasteiger partial charge in [-0.2, -0.15) is 5.10 Å². The van der Waals surface area contributed by atoms with Gasteiger partial charge in [-0.1, -0.05) is 12.8 Å². The first kappa shape index (κ1) is 14.7. The second-order valence-corrected chi connectivity index (χ2v) is 6.06. The molecule has 2 aromatic heterocycles. The molecule has 2 aromatic rings. The van der Waals surface area contributed by atoms with Crippen LogP contribution in [0.25, 0.3) is 5.82 Å². The molecule has 1 aliphatic carbocycles. The van der Waals surface area contributed by atoms with E-state index < -0.39 is 5.54 Å². The Kier molecular flexibility index (Phi) is 3.70. The predicted octanol–water partition coefficient (Wildman–Crippen LogP) is 2.09. The van der Waals surface area contributed by atoms with E-state index in [2.05, 4.69) is 15.4 Å². The van der Waals surface area contributed by atoms with E-state index >= 15 is 0 Å². The normalized spacial score (nSPS) is 16.7. The molecule has 0 radical (unpaired) electrons. The number of rotatable bonds is 3. The van der Waals surface area contributed by atoms with Crippen molar-refractivity contribution in [3.63, 3.8) is 0 Å². The van der Waals surface area contributed by atoms with Crippen LogP contribution in [-0.2, 0) is 4.79 Å². The van der Waals surface area contributed by atoms with Crippen LogP contribution in [0.1, 0.15) is 37.1 Å². The van der Waals surface area contributed by atoms with Gasteiger partial charge < -0.3 is 11.1 Å². The van der Waals surface area contributed by atoms with E-state index in [1.54, 1.807) is 10.9 Å². The molecule has 1 saturated carbocycles. The summed E-state index contributed by atoms with van der Waals surface area (Å²) >= 11 is 0. The van der Waals surface area contributed by atoms with E-state index in [4.69, 9.17) is 5.73 Å². The van der Waals surface area contributed by atoms with Crippen LogP contribution in [0.3, 0.4) is 0 Å². The topological polar surface area (TPSA) is 85.8 Å². The van der Waals surface area contributed by atoms with E-state index in [-0.39, 0.29) is 5.91 Å². The highest BCUT2D eigenvalue weighted by Crippen LogP contribution is 2.28. The van der Waals surface area contributed by atoms with Gasteiger partial charge in [0.1, 0.15) is 0 Å². The average Bonchev–Trinajstić information content (AvgIpc) is 3.07. The second-order valence-electron chi connectivity index (χ2n) is 6.06. The van der Waals surface area contributed by atoms with Crippen molar-refractivity contribution < 1.29 is 4.79 Å². The SMILES string of the molecule is Cc1cc(C)n(-c2ccc(NC(=O)C3(N)CCCC3)cn2)n1. The predicted molar refractivity (Wildman–Crippen MR) is 84.8 cm³/mol. The summed E-state index contributed by atoms with van der Waals surface area (Å²) in [6.07, 6.45) is 5.16. The van der Waals surface area contributed by atoms with Crippen molar-refractivity contribution in [3.05, 3.63) is 35.8 Å². The lowest BCUT2D eigenvalue weighted by molar-refractivity contribution is -0.121. The molecule has 3 rings (SSSR count). The minimum atomic E-state index is -0.728. The van der Waals surface area contributed by atoms with Crippen molar-refractivity contribution in [3.8, 4) is 5.82 Å². The molecule has 0 atom stereocenters. The zero-order chi connectivity index (χ0) is 15.7. The lowest BCUT2D eigenvalue weighted by Gasteiger charge is -2.22. The van der Waals surface area contributed by atoms with E-state index in [0.717, 1.165) is 42.9 Å². The zero-order valence-corrected chi connectivity index (χ0v) is 13.0. The number of hydrogen-bond donors (Lipinski definition) is 2. The molecule has 0 aliphatic heterocycles. The molecule has 0 aromatic carbocycles. The number of aryl methyl sites for hydroxylation is 2. The summed E-state index contributed by atoms with van der Waals surface area (Å²) in [5, 5.41) is 7.26. The molecule has 0 unspecified atom stereocenters. The maximum absolute atomic E-state index is 12.3. The first-order valence-electron chi connectivity index (χ1n) is 7.58. The van der Waals surface area contributed by atoms with Gasteiger partial charge in [-0.3, -0.25) is 4.79 Å². The van der Waals surface area contributed by atoms with Gasteiger partial charge in [0.2, 0.25) is 5.91 Å². The smallest absolute Gasteiger partial charge is 0.244 e. The molecular formula is C16H21N5O. The van der Waals surface area contributed by atoms with Gasteiger partial charge in [0.15, 0.2) is 5.82 Å². The van der Waals surface area contributed by atoms with Crippen LogP contribution in [0.15, 0.2) is 24.4 Å². The highest BCUT2D eigenvalue weighted by atomic mass is 16.2. The second kappa shape index (κ2) is 5.53. The molecule has 22 heavy (non-hydrogen) atoms. The van der Waals surface area contributed by atoms with Crippen molar-refractivity contribution in [2.24, 2.45) is 5.73 Å². The molecule has 1 amide bonds. The first-order chi connectivity index (χ1) is 10.5. The van der Waals surface area contributed by atoms with Gasteiger partial charge in [-0.25, -0.2) is 9.67 Å². The Bertz CT molecular complexity index is 683. The third-order valence-corrected chi connectivity index (χ3v) is 4.18. The molecular weight excluding hydrogens is 278 g/mol. The monoisotopic (exact) mass is 299 g/mol. The maximum atomic E-state index is 12.3. The Hall–Kier alpha value is -2.21. The average molecular weight is 299 g/mol. The number of anilines is 1. The van der Waals surface area contributed by atoms with Crippen LogP contribution in [0.4, 0.5) is 5.69 Å². The largest absolute Gasteiger partial charge is 0.323 e. The van der Waals surface area contributed by atoms with Crippen LogP contribution in [0.5, 0.6) is 0 Å². The van der Waals surface area contributed by atoms with Crippen LogP contribution < -0.4 is 11.1 Å². The fourth-order valence-corrected chi connectivity index (χ4v) is 2.93. The quantitative estimate of drug-likeness (QED) is 0.908. The number of carbonyl (C=O) groups excluding carboxylic acids is 1. The van der Waals surface area contributed by atoms with E-state index in [0.29, 0.717) is 5.69 Å². The molecule has 1 aliphatic rings. The number of nitrogens with two attached hydrogens (primary N) is 1. The van der Waals surface area contributed by atoms with Crippen molar-refractivity contribution in [1.29, 1.82) is 0 Å². The van der Waals surface area contributed by atoms with Crippen molar-refractivity contribution in [1.82, 2.24) is 14.8 Å². The lowest BCUT2D eigenvalue weighted by Crippen LogP contribution is -2.48. The standard InChI is InChI=1S/C16H21N5O/c1-11-9-12(2)21(20-11)14-6-5-13(10-18-14)19-15(22)16(17)7-3-4-8-16/h5-6,9-10H,3-4,7-8,17H2,1-2H3,(H,19,22). The van der Waals surface area contributed by atoms with E-state index in [1.807, 2.05) is 32.0 Å². The number of nitrogens with one attached hydrogen (secondary N) is 1. The van der Waals surface area contributed by atoms with Gasteiger partial charge in [0.25, 0.3) is 0 Å². The molecule has 0 spiro atoms. The molecule has 6 heteroatoms. The number of aromatic nitrogens is 3. The highest BCUT2D eigenvalue weighted by Gasteiger charge is 2.36. The van der Waals surface area contributed by atoms with E-state index in [1.165, 1.54) is 0 Å². The minimum absolute atomic E-state index is 0.120. The Morgan fingerprint density at radius 2 is 2.05 bits per heavy atom. The van der Waals surface area contributed by atoms with Crippen molar-refractivity contribution in [2.75, 3.05) is 5.32 Å². The van der Waals surface area contributed by atoms with Gasteiger partial charge in [-0.15, -0.1) is 0 Å². The van der Waals surface area contributed by atoms with Crippen molar-refractivity contribution >= 4 is 11.6 Å². The van der Waals surface area contributed by atoms with Gasteiger partial charge in [0, 0.05) is 5.69 Å². The van der Waals surface area contributed by atoms with Crippen LogP contribution in [0, 0.1) is 13.8 Å². The van der Waals surface area contributed by atoms with Crippen LogP contribution in [-0.4, -0.2) is 26.2 Å². The molecule has 6 nitrogen and oxygen atoms in total. The summed E-state index contributed by atoms with van der Waals surface area (Å²) in [7, 11) is 0. The summed E-state index contributed by atoms with van der Waals surface area (Å²) in [6, 6.07) is 5.66. The summed E-state index contributed by atoms with van der Waals surface area (Å²) < 4.78 is 1.78. The first-order valence-corrected chi connectivity index (χ1v) is 7.58. The number of amides is 1. The number of carbonyl (C=O) groups is 1. The molecule has 116 valence electrons.